The van der Waals surface area contributed by atoms with Crippen molar-refractivity contribution in [2.75, 3.05) is 12.3 Å². The van der Waals surface area contributed by atoms with Crippen LogP contribution in [0, 0.1) is 11.8 Å². The lowest BCUT2D eigenvalue weighted by Gasteiger charge is -2.26. The van der Waals surface area contributed by atoms with E-state index in [9.17, 15) is 13.0 Å². The lowest BCUT2D eigenvalue weighted by Crippen LogP contribution is -2.18. The van der Waals surface area contributed by atoms with E-state index in [-0.39, 0.29) is 16.7 Å². The zero-order chi connectivity index (χ0) is 23.6. The minimum atomic E-state index is -4.16. The van der Waals surface area contributed by atoms with Crippen molar-refractivity contribution in [3.8, 4) is 0 Å². The summed E-state index contributed by atoms with van der Waals surface area (Å²) in [6.45, 7) is 8.48. The van der Waals surface area contributed by atoms with Crippen LogP contribution in [0.4, 0.5) is 0 Å². The minimum absolute atomic E-state index is 0.110. The minimum Gasteiger partial charge on any atom is -0.292 e. The third-order valence-corrected chi connectivity index (χ3v) is 11.3. The smallest absolute Gasteiger partial charge is 0.292 e. The van der Waals surface area contributed by atoms with Gasteiger partial charge in [0.15, 0.2) is 0 Å². The van der Waals surface area contributed by atoms with Gasteiger partial charge in [0.25, 0.3) is 0 Å². The predicted molar refractivity (Wildman–Crippen MR) is 136 cm³/mol. The van der Waals surface area contributed by atoms with Crippen LogP contribution in [0.1, 0.15) is 79.1 Å². The Balaban J connectivity index is 2.39. The molecule has 0 aliphatic carbocycles. The maximum Gasteiger partial charge on any atom is 0.303 e. The van der Waals surface area contributed by atoms with Crippen molar-refractivity contribution in [3.63, 3.8) is 0 Å². The van der Waals surface area contributed by atoms with Crippen molar-refractivity contribution in [2.45, 2.75) is 84.0 Å². The molecule has 0 spiro atoms. The van der Waals surface area contributed by atoms with E-state index in [4.69, 9.17) is 3.97 Å². The molecule has 0 aliphatic rings. The lowest BCUT2D eigenvalue weighted by atomic mass is 10.0. The second-order valence-corrected chi connectivity index (χ2v) is 13.3. The van der Waals surface area contributed by atoms with Crippen LogP contribution in [0.15, 0.2) is 47.4 Å². The summed E-state index contributed by atoms with van der Waals surface area (Å²) in [6, 6.07) is 12.5. The molecule has 4 nitrogen and oxygen atoms in total. The van der Waals surface area contributed by atoms with Crippen LogP contribution in [0.25, 0.3) is 10.8 Å². The van der Waals surface area contributed by atoms with Crippen molar-refractivity contribution in [3.05, 3.63) is 42.5 Å². The largest absolute Gasteiger partial charge is 0.303 e. The molecule has 0 amide bonds. The van der Waals surface area contributed by atoms with E-state index in [1.165, 1.54) is 0 Å². The Morgan fingerprint density at radius 3 is 1.88 bits per heavy atom. The number of fused-ring (bicyclic) bond motifs is 1. The Hall–Kier alpha value is -1.16. The number of unbranched alkanes of at least 4 members (excludes halogenated alkanes) is 2. The molecule has 0 bridgehead atoms. The maximum absolute atomic E-state index is 14.2. The molecule has 180 valence electrons. The predicted octanol–water partition coefficient (Wildman–Crippen LogP) is 8.26. The first-order valence-electron chi connectivity index (χ1n) is 12.3. The van der Waals surface area contributed by atoms with Gasteiger partial charge in [-0.25, -0.2) is 3.97 Å². The van der Waals surface area contributed by atoms with Gasteiger partial charge >= 0.3 is 10.1 Å². The van der Waals surface area contributed by atoms with E-state index in [2.05, 4.69) is 27.7 Å². The topological polar surface area (TPSA) is 60.4 Å². The Labute approximate surface area is 195 Å². The Kier molecular flexibility index (Phi) is 10.9. The molecule has 6 heteroatoms. The van der Waals surface area contributed by atoms with E-state index in [1.54, 1.807) is 18.2 Å². The normalized spacial score (nSPS) is 16.0. The number of hydrogen-bond donors (Lipinski definition) is 0. The lowest BCUT2D eigenvalue weighted by molar-refractivity contribution is 0.413. The fraction of sp³-hybridized carbons (Fsp3) is 0.615. The van der Waals surface area contributed by atoms with E-state index in [0.717, 1.165) is 56.8 Å². The number of hydrogen-bond acceptors (Lipinski definition) is 4. The van der Waals surface area contributed by atoms with Gasteiger partial charge < -0.3 is 0 Å². The Bertz CT molecular complexity index is 959. The second-order valence-electron chi connectivity index (χ2n) is 9.02. The number of rotatable bonds is 15. The molecule has 0 aliphatic heterocycles. The van der Waals surface area contributed by atoms with Crippen LogP contribution in [-0.2, 0) is 18.7 Å². The highest BCUT2D eigenvalue weighted by Gasteiger charge is 2.36. The first kappa shape index (κ1) is 27.1. The summed E-state index contributed by atoms with van der Waals surface area (Å²) in [4.78, 5) is 0.110. The van der Waals surface area contributed by atoms with E-state index < -0.39 is 17.5 Å². The van der Waals surface area contributed by atoms with E-state index in [1.807, 2.05) is 24.3 Å². The molecular weight excluding hydrogens is 439 g/mol. The van der Waals surface area contributed by atoms with Crippen LogP contribution in [0.5, 0.6) is 0 Å². The zero-order valence-corrected chi connectivity index (χ0v) is 22.0. The van der Waals surface area contributed by atoms with Crippen molar-refractivity contribution in [1.82, 2.24) is 0 Å². The van der Waals surface area contributed by atoms with Gasteiger partial charge in [0.05, 0.1) is 0 Å². The third kappa shape index (κ3) is 7.71. The van der Waals surface area contributed by atoms with Crippen molar-refractivity contribution in [2.24, 2.45) is 11.8 Å². The third-order valence-electron chi connectivity index (χ3n) is 6.41. The molecule has 0 heterocycles. The molecule has 0 saturated carbocycles. The van der Waals surface area contributed by atoms with Crippen molar-refractivity contribution < 1.29 is 17.0 Å². The van der Waals surface area contributed by atoms with Gasteiger partial charge in [-0.15, -0.1) is 0 Å². The summed E-state index contributed by atoms with van der Waals surface area (Å²) in [7, 11) is -7.55. The van der Waals surface area contributed by atoms with E-state index in [0.29, 0.717) is 17.7 Å². The molecule has 0 aromatic heterocycles. The van der Waals surface area contributed by atoms with Crippen molar-refractivity contribution in [1.29, 1.82) is 0 Å². The van der Waals surface area contributed by atoms with Gasteiger partial charge in [-0.3, -0.25) is 4.57 Å². The maximum atomic E-state index is 14.2. The van der Waals surface area contributed by atoms with Crippen LogP contribution in [0.3, 0.4) is 0 Å². The monoisotopic (exact) mass is 480 g/mol. The van der Waals surface area contributed by atoms with E-state index >= 15 is 0 Å². The molecule has 2 atom stereocenters. The van der Waals surface area contributed by atoms with Gasteiger partial charge in [-0.1, -0.05) is 103 Å². The van der Waals surface area contributed by atoms with Gasteiger partial charge in [-0.05, 0) is 36.1 Å². The molecule has 32 heavy (non-hydrogen) atoms. The van der Waals surface area contributed by atoms with Crippen LogP contribution in [0.2, 0.25) is 0 Å². The summed E-state index contributed by atoms with van der Waals surface area (Å²) in [6.07, 6.45) is 8.63. The van der Waals surface area contributed by atoms with Crippen molar-refractivity contribution >= 4 is 28.3 Å². The summed E-state index contributed by atoms with van der Waals surface area (Å²) in [5.74, 6) is 0.430. The zero-order valence-electron chi connectivity index (χ0n) is 20.3. The molecule has 0 saturated heterocycles. The first-order chi connectivity index (χ1) is 15.3. The quantitative estimate of drug-likeness (QED) is 0.241. The van der Waals surface area contributed by atoms with Crippen LogP contribution < -0.4 is 0 Å². The highest BCUT2D eigenvalue weighted by molar-refractivity contribution is 7.92. The highest BCUT2D eigenvalue weighted by atomic mass is 32.2. The van der Waals surface area contributed by atoms with Gasteiger partial charge in [0, 0.05) is 17.7 Å². The summed E-state index contributed by atoms with van der Waals surface area (Å²) < 4.78 is 46.8. The molecule has 2 aromatic rings. The molecule has 0 N–H and O–H groups in total. The molecule has 0 radical (unpaired) electrons. The molecule has 2 unspecified atom stereocenters. The summed E-state index contributed by atoms with van der Waals surface area (Å²) in [5, 5.41) is 1.44. The van der Waals surface area contributed by atoms with Crippen LogP contribution >= 0.6 is 7.37 Å². The summed E-state index contributed by atoms with van der Waals surface area (Å²) in [5.41, 5.74) is 0. The number of benzene rings is 2. The molecular formula is C26H41O4PS. The Morgan fingerprint density at radius 1 is 0.812 bits per heavy atom. The van der Waals surface area contributed by atoms with Gasteiger partial charge in [-0.2, -0.15) is 8.42 Å². The fourth-order valence-electron chi connectivity index (χ4n) is 4.39. The SMILES string of the molecule is CCCCC(CC)CP(=O)(CC(CC)CCCC)OS(=O)(=O)c1cccc2ccccc12. The standard InChI is InChI=1S/C26H41O4PS/c1-5-9-14-22(7-3)20-31(27,21-23(8-4)15-10-6-2)30-32(28,29)26-19-13-17-24-16-11-12-18-25(24)26/h11-13,16-19,22-23H,5-10,14-15,20-21H2,1-4H3. The Morgan fingerprint density at radius 2 is 1.34 bits per heavy atom. The second kappa shape index (κ2) is 12.9. The van der Waals surface area contributed by atoms with Crippen LogP contribution in [-0.4, -0.2) is 20.7 Å². The first-order valence-corrected chi connectivity index (χ1v) is 15.7. The molecule has 2 rings (SSSR count). The average Bonchev–Trinajstić information content (AvgIpc) is 2.78. The average molecular weight is 481 g/mol. The molecule has 0 fully saturated rings. The van der Waals surface area contributed by atoms with Gasteiger partial charge in [0.1, 0.15) is 4.90 Å². The highest BCUT2D eigenvalue weighted by Crippen LogP contribution is 2.54. The summed E-state index contributed by atoms with van der Waals surface area (Å²) >= 11 is 0. The fourth-order valence-corrected chi connectivity index (χ4v) is 9.93. The van der Waals surface area contributed by atoms with Gasteiger partial charge in [0.2, 0.25) is 7.37 Å². The molecule has 2 aromatic carbocycles.